The number of unbranched alkanes of at least 4 members (excludes halogenated alkanes) is 32. The van der Waals surface area contributed by atoms with Crippen molar-refractivity contribution in [3.63, 3.8) is 0 Å². The van der Waals surface area contributed by atoms with Gasteiger partial charge in [0.25, 0.3) is 0 Å². The Balaban J connectivity index is 2.27. The van der Waals surface area contributed by atoms with Gasteiger partial charge in [0.05, 0.1) is 25.4 Å². The van der Waals surface area contributed by atoms with E-state index in [2.05, 4.69) is 19.2 Å². The Kier molecular flexibility index (Phi) is 37.9. The number of carbonyl (C=O) groups excluding carboxylic acids is 1. The standard InChI is InChI=1S/C49H95NO8/c1-3-5-7-9-11-13-15-17-19-20-21-22-23-24-25-27-29-31-33-35-37-39-45(53)50-42(41-57-49-48(56)47(55)46(54)44(40-51)58-49)43(52)38-36-34-32-30-28-26-18-16-14-12-10-8-6-4-2/h36,38,42-44,46-49,51-52,54-56H,3-35,37,39-41H2,1-2H3,(H,50,53)/b38-36+/t42-,43+,44-,46-,47?,48?,49-/m0/s1. The van der Waals surface area contributed by atoms with Gasteiger partial charge >= 0.3 is 0 Å². The molecule has 1 saturated heterocycles. The van der Waals surface area contributed by atoms with Crippen LogP contribution in [0.4, 0.5) is 0 Å². The highest BCUT2D eigenvalue weighted by Gasteiger charge is 2.44. The van der Waals surface area contributed by atoms with Gasteiger partial charge in [-0.05, 0) is 19.3 Å². The molecule has 9 nitrogen and oxygen atoms in total. The first-order chi connectivity index (χ1) is 28.3. The highest BCUT2D eigenvalue weighted by molar-refractivity contribution is 5.76. The second-order valence-electron chi connectivity index (χ2n) is 17.6. The molecule has 1 aliphatic rings. The summed E-state index contributed by atoms with van der Waals surface area (Å²) in [5, 5.41) is 54.3. The molecule has 58 heavy (non-hydrogen) atoms. The fraction of sp³-hybridized carbons (Fsp3) is 0.939. The fourth-order valence-corrected chi connectivity index (χ4v) is 8.10. The second-order valence-corrected chi connectivity index (χ2v) is 17.6. The van der Waals surface area contributed by atoms with Crippen LogP contribution in [0, 0.1) is 0 Å². The zero-order chi connectivity index (χ0) is 42.3. The molecule has 0 radical (unpaired) electrons. The summed E-state index contributed by atoms with van der Waals surface area (Å²) in [5.74, 6) is -0.173. The molecule has 0 aromatic rings. The van der Waals surface area contributed by atoms with Crippen LogP contribution in [0.15, 0.2) is 12.2 Å². The Morgan fingerprint density at radius 3 is 1.34 bits per heavy atom. The van der Waals surface area contributed by atoms with Gasteiger partial charge in [-0.15, -0.1) is 0 Å². The molecule has 1 rings (SSSR count). The van der Waals surface area contributed by atoms with Gasteiger partial charge in [-0.3, -0.25) is 4.79 Å². The molecule has 2 unspecified atom stereocenters. The van der Waals surface area contributed by atoms with Crippen molar-refractivity contribution in [3.05, 3.63) is 12.2 Å². The van der Waals surface area contributed by atoms with Crippen molar-refractivity contribution in [1.82, 2.24) is 5.32 Å². The van der Waals surface area contributed by atoms with Crippen LogP contribution in [-0.4, -0.2) is 87.5 Å². The predicted molar refractivity (Wildman–Crippen MR) is 240 cm³/mol. The average Bonchev–Trinajstić information content (AvgIpc) is 3.22. The molecule has 7 atom stereocenters. The first kappa shape index (κ1) is 54.9. The van der Waals surface area contributed by atoms with E-state index in [9.17, 15) is 30.3 Å². The van der Waals surface area contributed by atoms with Gasteiger partial charge in [-0.25, -0.2) is 0 Å². The molecule has 0 aliphatic carbocycles. The lowest BCUT2D eigenvalue weighted by Gasteiger charge is -2.40. The van der Waals surface area contributed by atoms with Gasteiger partial charge in [0.15, 0.2) is 6.29 Å². The number of rotatable bonds is 42. The topological polar surface area (TPSA) is 149 Å². The van der Waals surface area contributed by atoms with Crippen molar-refractivity contribution in [2.75, 3.05) is 13.2 Å². The van der Waals surface area contributed by atoms with Crippen molar-refractivity contribution in [1.29, 1.82) is 0 Å². The summed E-state index contributed by atoms with van der Waals surface area (Å²) in [6.07, 6.45) is 39.7. The first-order valence-electron chi connectivity index (χ1n) is 24.9. The Morgan fingerprint density at radius 1 is 0.569 bits per heavy atom. The number of carbonyl (C=O) groups is 1. The summed E-state index contributed by atoms with van der Waals surface area (Å²) in [7, 11) is 0. The Labute approximate surface area is 356 Å². The minimum absolute atomic E-state index is 0.173. The summed E-state index contributed by atoms with van der Waals surface area (Å²) >= 11 is 0. The Hall–Kier alpha value is -1.07. The smallest absolute Gasteiger partial charge is 0.220 e. The summed E-state index contributed by atoms with van der Waals surface area (Å²) < 4.78 is 11.2. The van der Waals surface area contributed by atoms with E-state index in [0.29, 0.717) is 6.42 Å². The number of amides is 1. The summed E-state index contributed by atoms with van der Waals surface area (Å²) in [4.78, 5) is 13.0. The van der Waals surface area contributed by atoms with E-state index in [4.69, 9.17) is 9.47 Å². The quantitative estimate of drug-likeness (QED) is 0.0263. The van der Waals surface area contributed by atoms with Gasteiger partial charge in [0, 0.05) is 6.42 Å². The van der Waals surface area contributed by atoms with Crippen LogP contribution in [0.2, 0.25) is 0 Å². The molecule has 1 heterocycles. The minimum atomic E-state index is -1.56. The minimum Gasteiger partial charge on any atom is -0.394 e. The zero-order valence-corrected chi connectivity index (χ0v) is 37.8. The molecule has 0 aromatic heterocycles. The molecule has 0 bridgehead atoms. The third-order valence-corrected chi connectivity index (χ3v) is 12.1. The van der Waals surface area contributed by atoms with Crippen molar-refractivity contribution in [2.45, 2.75) is 281 Å². The van der Waals surface area contributed by atoms with Gasteiger partial charge in [0.2, 0.25) is 5.91 Å². The third-order valence-electron chi connectivity index (χ3n) is 12.1. The lowest BCUT2D eigenvalue weighted by molar-refractivity contribution is -0.302. The Bertz CT molecular complexity index is 919. The fourth-order valence-electron chi connectivity index (χ4n) is 8.10. The van der Waals surface area contributed by atoms with Crippen molar-refractivity contribution in [3.8, 4) is 0 Å². The molecule has 1 aliphatic heterocycles. The van der Waals surface area contributed by atoms with Crippen LogP contribution >= 0.6 is 0 Å². The normalized spacial score (nSPS) is 20.8. The summed E-state index contributed by atoms with van der Waals surface area (Å²) in [6, 6.07) is -0.798. The second kappa shape index (κ2) is 40.0. The highest BCUT2D eigenvalue weighted by atomic mass is 16.7. The molecular weight excluding hydrogens is 731 g/mol. The maximum absolute atomic E-state index is 13.0. The molecule has 0 aromatic carbocycles. The maximum atomic E-state index is 13.0. The number of allylic oxidation sites excluding steroid dienone is 1. The molecular formula is C49H95NO8. The van der Waals surface area contributed by atoms with E-state index in [1.54, 1.807) is 6.08 Å². The van der Waals surface area contributed by atoms with Crippen LogP contribution in [-0.2, 0) is 14.3 Å². The summed E-state index contributed by atoms with van der Waals surface area (Å²) in [5.41, 5.74) is 0. The van der Waals surface area contributed by atoms with E-state index in [0.717, 1.165) is 38.5 Å². The van der Waals surface area contributed by atoms with Crippen molar-refractivity contribution >= 4 is 5.91 Å². The van der Waals surface area contributed by atoms with E-state index in [1.165, 1.54) is 180 Å². The van der Waals surface area contributed by atoms with Gasteiger partial charge in [0.1, 0.15) is 24.4 Å². The first-order valence-corrected chi connectivity index (χ1v) is 24.9. The number of ether oxygens (including phenoxy) is 2. The SMILES string of the molecule is CCCCCCCCCCCCCC/C=C/[C@@H](O)[C@H](CO[C@H]1O[C@@H](CO)[C@H](O)C(O)C1O)NC(=O)CCCCCCCCCCCCCCCCCCCCCCC. The van der Waals surface area contributed by atoms with Crippen LogP contribution in [0.25, 0.3) is 0 Å². The predicted octanol–water partition coefficient (Wildman–Crippen LogP) is 10.9. The lowest BCUT2D eigenvalue weighted by atomic mass is 9.99. The van der Waals surface area contributed by atoms with Crippen LogP contribution in [0.3, 0.4) is 0 Å². The number of aliphatic hydroxyl groups is 5. The number of hydrogen-bond donors (Lipinski definition) is 6. The number of aliphatic hydroxyl groups excluding tert-OH is 5. The van der Waals surface area contributed by atoms with Crippen molar-refractivity contribution in [2.24, 2.45) is 0 Å². The van der Waals surface area contributed by atoms with E-state index < -0.39 is 49.5 Å². The molecule has 1 fully saturated rings. The van der Waals surface area contributed by atoms with Crippen LogP contribution < -0.4 is 5.32 Å². The highest BCUT2D eigenvalue weighted by Crippen LogP contribution is 2.23. The average molecular weight is 826 g/mol. The largest absolute Gasteiger partial charge is 0.394 e. The Morgan fingerprint density at radius 2 is 0.948 bits per heavy atom. The lowest BCUT2D eigenvalue weighted by Crippen LogP contribution is -2.60. The van der Waals surface area contributed by atoms with Crippen molar-refractivity contribution < 1.29 is 39.8 Å². The molecule has 0 spiro atoms. The molecule has 0 saturated carbocycles. The van der Waals surface area contributed by atoms with E-state index in [1.807, 2.05) is 6.08 Å². The van der Waals surface area contributed by atoms with Gasteiger partial charge in [-0.1, -0.05) is 225 Å². The number of hydrogen-bond acceptors (Lipinski definition) is 8. The van der Waals surface area contributed by atoms with Gasteiger partial charge in [-0.2, -0.15) is 0 Å². The third kappa shape index (κ3) is 30.0. The maximum Gasteiger partial charge on any atom is 0.220 e. The number of nitrogens with one attached hydrogen (secondary N) is 1. The molecule has 9 heteroatoms. The van der Waals surface area contributed by atoms with Gasteiger partial charge < -0.3 is 40.3 Å². The molecule has 6 N–H and O–H groups in total. The van der Waals surface area contributed by atoms with Crippen LogP contribution in [0.5, 0.6) is 0 Å². The molecule has 1 amide bonds. The monoisotopic (exact) mass is 826 g/mol. The molecule has 344 valence electrons. The summed E-state index contributed by atoms with van der Waals surface area (Å²) in [6.45, 7) is 3.79. The van der Waals surface area contributed by atoms with E-state index >= 15 is 0 Å². The van der Waals surface area contributed by atoms with Crippen LogP contribution in [0.1, 0.15) is 239 Å². The van der Waals surface area contributed by atoms with E-state index in [-0.39, 0.29) is 12.5 Å². The zero-order valence-electron chi connectivity index (χ0n) is 37.8.